The molecule has 1 N–H and O–H groups in total. The van der Waals surface area contributed by atoms with Gasteiger partial charge in [0, 0.05) is 11.6 Å². The van der Waals surface area contributed by atoms with E-state index in [1.54, 1.807) is 25.1 Å². The van der Waals surface area contributed by atoms with Crippen molar-refractivity contribution in [2.24, 2.45) is 5.10 Å². The van der Waals surface area contributed by atoms with Crippen LogP contribution in [0.25, 0.3) is 0 Å². The average Bonchev–Trinajstić information content (AvgIpc) is 2.86. The van der Waals surface area contributed by atoms with Crippen LogP contribution in [0, 0.1) is 6.92 Å². The van der Waals surface area contributed by atoms with E-state index in [4.69, 9.17) is 0 Å². The molecular formula is C15H19BN2O2S. The van der Waals surface area contributed by atoms with Crippen LogP contribution in [0.15, 0.2) is 53.1 Å². The predicted octanol–water partition coefficient (Wildman–Crippen LogP) is 3.21. The number of nitrogens with zero attached hydrogens (tertiary/aromatic N) is 2. The highest BCUT2D eigenvalue weighted by atomic mass is 32.1. The van der Waals surface area contributed by atoms with Gasteiger partial charge in [0.15, 0.2) is 0 Å². The first-order chi connectivity index (χ1) is 9.92. The first kappa shape index (κ1) is 17.1. The first-order valence-electron chi connectivity index (χ1n) is 6.45. The molecule has 0 aliphatic heterocycles. The van der Waals surface area contributed by atoms with Crippen LogP contribution in [0.2, 0.25) is 0 Å². The molecule has 0 aromatic carbocycles. The van der Waals surface area contributed by atoms with Crippen molar-refractivity contribution in [3.8, 4) is 0 Å². The van der Waals surface area contributed by atoms with Gasteiger partial charge in [-0.05, 0) is 38.4 Å². The molecule has 0 aliphatic carbocycles. The highest BCUT2D eigenvalue weighted by Crippen LogP contribution is 2.20. The molecule has 0 atom stereocenters. The van der Waals surface area contributed by atoms with Crippen LogP contribution in [-0.4, -0.2) is 29.6 Å². The second-order valence-corrected chi connectivity index (χ2v) is 5.79. The highest BCUT2D eigenvalue weighted by molar-refractivity contribution is 7.14. The maximum Gasteiger partial charge on any atom is 0.474 e. The second-order valence-electron chi connectivity index (χ2n) is 4.50. The Hall–Kier alpha value is -1.92. The third-order valence-electron chi connectivity index (χ3n) is 2.78. The van der Waals surface area contributed by atoms with Gasteiger partial charge >= 0.3 is 7.05 Å². The van der Waals surface area contributed by atoms with E-state index in [0.29, 0.717) is 15.9 Å². The summed E-state index contributed by atoms with van der Waals surface area (Å²) in [6.45, 7) is 12.7. The molecule has 4 nitrogen and oxygen atoms in total. The van der Waals surface area contributed by atoms with E-state index in [9.17, 15) is 9.82 Å². The van der Waals surface area contributed by atoms with Crippen molar-refractivity contribution in [1.29, 1.82) is 0 Å². The summed E-state index contributed by atoms with van der Waals surface area (Å²) in [5.74, 6) is -0.386. The first-order valence-corrected chi connectivity index (χ1v) is 7.27. The number of amides is 1. The quantitative estimate of drug-likeness (QED) is 0.380. The Bertz CT molecular complexity index is 605. The predicted molar refractivity (Wildman–Crippen MR) is 90.5 cm³/mol. The lowest BCUT2D eigenvalue weighted by atomic mass is 9.68. The lowest BCUT2D eigenvalue weighted by Gasteiger charge is -2.21. The number of thiophene rings is 1. The summed E-state index contributed by atoms with van der Waals surface area (Å²) >= 11 is 1.35. The Balaban J connectivity index is 3.10. The fraction of sp³-hybridized carbons (Fsp3) is 0.200. The Labute approximate surface area is 129 Å². The van der Waals surface area contributed by atoms with Crippen molar-refractivity contribution in [3.05, 3.63) is 57.7 Å². The zero-order chi connectivity index (χ0) is 16.0. The van der Waals surface area contributed by atoms with E-state index in [1.165, 1.54) is 11.3 Å². The van der Waals surface area contributed by atoms with Crippen LogP contribution in [0.1, 0.15) is 28.4 Å². The summed E-state index contributed by atoms with van der Waals surface area (Å²) in [6, 6.07) is 3.56. The maximum absolute atomic E-state index is 12.4. The number of carbonyl (C=O) groups is 1. The van der Waals surface area contributed by atoms with E-state index in [2.05, 4.69) is 18.4 Å². The molecule has 0 saturated heterocycles. The molecule has 6 heteroatoms. The summed E-state index contributed by atoms with van der Waals surface area (Å²) in [6.07, 6.45) is 5.30. The lowest BCUT2D eigenvalue weighted by Crippen LogP contribution is -2.41. The Morgan fingerprint density at radius 3 is 2.62 bits per heavy atom. The fourth-order valence-corrected chi connectivity index (χ4v) is 2.50. The van der Waals surface area contributed by atoms with Crippen LogP contribution in [0.5, 0.6) is 0 Å². The molecule has 0 aliphatic rings. The summed E-state index contributed by atoms with van der Waals surface area (Å²) in [5, 5.41) is 14.1. The van der Waals surface area contributed by atoms with E-state index >= 15 is 0 Å². The number of hydrogen-bond donors (Lipinski definition) is 1. The molecular weight excluding hydrogens is 283 g/mol. The lowest BCUT2D eigenvalue weighted by molar-refractivity contribution is 0.0850. The van der Waals surface area contributed by atoms with Gasteiger partial charge in [-0.3, -0.25) is 4.79 Å². The topological polar surface area (TPSA) is 52.9 Å². The average molecular weight is 302 g/mol. The summed E-state index contributed by atoms with van der Waals surface area (Å²) in [7, 11) is -1.22. The minimum Gasteiger partial charge on any atom is -0.427 e. The summed E-state index contributed by atoms with van der Waals surface area (Å²) < 4.78 is 0. The molecule has 1 heterocycles. The normalized spacial score (nSPS) is 11.5. The molecule has 0 bridgehead atoms. The smallest absolute Gasteiger partial charge is 0.427 e. The number of rotatable bonds is 6. The van der Waals surface area contributed by atoms with Gasteiger partial charge < -0.3 is 5.02 Å². The SMILES string of the molecule is C=NN(B(O)/C(=C/C=C\C)C(=C)C)C(=O)c1ccc(C)s1. The van der Waals surface area contributed by atoms with Gasteiger partial charge in [-0.1, -0.05) is 30.4 Å². The number of hydrogen-bond acceptors (Lipinski definition) is 4. The number of aryl methyl sites for hydroxylation is 1. The molecule has 110 valence electrons. The summed E-state index contributed by atoms with van der Waals surface area (Å²) in [4.78, 5) is 14.9. The van der Waals surface area contributed by atoms with E-state index in [-0.39, 0.29) is 5.91 Å². The van der Waals surface area contributed by atoms with Gasteiger partial charge in [-0.25, -0.2) is 4.92 Å². The van der Waals surface area contributed by atoms with Gasteiger partial charge in [0.2, 0.25) is 0 Å². The van der Waals surface area contributed by atoms with Crippen molar-refractivity contribution < 1.29 is 9.82 Å². The van der Waals surface area contributed by atoms with Crippen LogP contribution in [0.3, 0.4) is 0 Å². The minimum atomic E-state index is -1.22. The van der Waals surface area contributed by atoms with Crippen molar-refractivity contribution in [2.45, 2.75) is 20.8 Å². The van der Waals surface area contributed by atoms with Crippen molar-refractivity contribution in [1.82, 2.24) is 4.92 Å². The van der Waals surface area contributed by atoms with Crippen LogP contribution in [-0.2, 0) is 0 Å². The Morgan fingerprint density at radius 1 is 1.52 bits per heavy atom. The zero-order valence-electron chi connectivity index (χ0n) is 12.5. The Morgan fingerprint density at radius 2 is 2.19 bits per heavy atom. The second kappa shape index (κ2) is 7.76. The molecule has 1 amide bonds. The fourth-order valence-electron chi connectivity index (χ4n) is 1.70. The van der Waals surface area contributed by atoms with Gasteiger partial charge in [0.1, 0.15) is 0 Å². The van der Waals surface area contributed by atoms with Crippen molar-refractivity contribution >= 4 is 31.0 Å². The number of allylic oxidation sites excluding steroid dienone is 5. The minimum absolute atomic E-state index is 0.386. The van der Waals surface area contributed by atoms with E-state index < -0.39 is 7.05 Å². The molecule has 0 spiro atoms. The highest BCUT2D eigenvalue weighted by Gasteiger charge is 2.32. The van der Waals surface area contributed by atoms with E-state index in [0.717, 1.165) is 9.80 Å². The molecule has 21 heavy (non-hydrogen) atoms. The molecule has 0 radical (unpaired) electrons. The van der Waals surface area contributed by atoms with Gasteiger partial charge in [-0.2, -0.15) is 5.10 Å². The molecule has 1 rings (SSSR count). The summed E-state index contributed by atoms with van der Waals surface area (Å²) in [5.41, 5.74) is 1.17. The monoisotopic (exact) mass is 302 g/mol. The van der Waals surface area contributed by atoms with Crippen molar-refractivity contribution in [2.75, 3.05) is 0 Å². The third kappa shape index (κ3) is 4.27. The van der Waals surface area contributed by atoms with Crippen LogP contribution >= 0.6 is 11.3 Å². The number of carbonyl (C=O) groups excluding carboxylic acids is 1. The van der Waals surface area contributed by atoms with Crippen molar-refractivity contribution in [3.63, 3.8) is 0 Å². The van der Waals surface area contributed by atoms with Gasteiger partial charge in [0.05, 0.1) is 4.88 Å². The van der Waals surface area contributed by atoms with Crippen LogP contribution < -0.4 is 0 Å². The molecule has 0 unspecified atom stereocenters. The third-order valence-corrected chi connectivity index (χ3v) is 3.77. The standard InChI is InChI=1S/C15H19BN2O2S/c1-6-7-8-13(11(2)3)16(20)18(17-5)15(19)14-10-9-12(4)21-14/h6-10,20H,2,5H2,1,3-4H3/b7-6-,13-8+. The Kier molecular flexibility index (Phi) is 6.33. The molecule has 0 fully saturated rings. The van der Waals surface area contributed by atoms with E-state index in [1.807, 2.05) is 26.0 Å². The van der Waals surface area contributed by atoms with Gasteiger partial charge in [-0.15, -0.1) is 11.3 Å². The zero-order valence-corrected chi connectivity index (χ0v) is 13.4. The molecule has 0 saturated carbocycles. The van der Waals surface area contributed by atoms with Crippen LogP contribution in [0.4, 0.5) is 0 Å². The molecule has 1 aromatic heterocycles. The maximum atomic E-state index is 12.4. The number of hydrazone groups is 1. The molecule has 1 aromatic rings. The largest absolute Gasteiger partial charge is 0.474 e. The van der Waals surface area contributed by atoms with Gasteiger partial charge in [0.25, 0.3) is 5.91 Å².